The second-order valence-electron chi connectivity index (χ2n) is 4.63. The molecule has 1 heterocycles. The molecule has 3 N–H and O–H groups in total. The first-order valence-electron chi connectivity index (χ1n) is 6.56. The van der Waals surface area contributed by atoms with Crippen LogP contribution in [-0.4, -0.2) is 9.55 Å². The molecule has 2 aromatic rings. The molecule has 1 aromatic heterocycles. The minimum atomic E-state index is 0.0532. The van der Waals surface area contributed by atoms with Gasteiger partial charge in [0.25, 0.3) is 0 Å². The molecule has 0 amide bonds. The zero-order valence-electron chi connectivity index (χ0n) is 11.3. The van der Waals surface area contributed by atoms with Gasteiger partial charge in [-0.3, -0.25) is 11.3 Å². The molecule has 20 heavy (non-hydrogen) atoms. The van der Waals surface area contributed by atoms with Crippen molar-refractivity contribution in [2.45, 2.75) is 32.4 Å². The maximum absolute atomic E-state index is 5.76. The molecule has 1 atom stereocenters. The Labute approximate surface area is 141 Å². The van der Waals surface area contributed by atoms with E-state index in [1.54, 1.807) is 0 Å². The highest BCUT2D eigenvalue weighted by Gasteiger charge is 2.16. The highest BCUT2D eigenvalue weighted by atomic mass is 127. The standard InChI is InChI=1S/C14H18BrIN4/c1-2-6-20-7-5-18-14(20)9-13(19-17)11-8-10(15)3-4-12(11)16/h3-5,7-8,13,19H,2,6,9,17H2,1H3. The molecular formula is C14H18BrIN4. The van der Waals surface area contributed by atoms with Gasteiger partial charge in [-0.2, -0.15) is 0 Å². The second-order valence-corrected chi connectivity index (χ2v) is 6.70. The van der Waals surface area contributed by atoms with Crippen molar-refractivity contribution < 1.29 is 0 Å². The zero-order chi connectivity index (χ0) is 14.5. The third-order valence-electron chi connectivity index (χ3n) is 3.19. The van der Waals surface area contributed by atoms with E-state index in [9.17, 15) is 0 Å². The molecule has 1 aromatic carbocycles. The number of nitrogens with two attached hydrogens (primary N) is 1. The fourth-order valence-corrected chi connectivity index (χ4v) is 3.29. The van der Waals surface area contributed by atoms with E-state index < -0.39 is 0 Å². The molecule has 0 spiro atoms. The molecule has 108 valence electrons. The van der Waals surface area contributed by atoms with Gasteiger partial charge in [0, 0.05) is 33.4 Å². The van der Waals surface area contributed by atoms with Crippen LogP contribution in [0.2, 0.25) is 0 Å². The molecule has 1 unspecified atom stereocenters. The van der Waals surface area contributed by atoms with Gasteiger partial charge in [0.05, 0.1) is 6.04 Å². The lowest BCUT2D eigenvalue weighted by atomic mass is 10.0. The Morgan fingerprint density at radius 1 is 1.50 bits per heavy atom. The van der Waals surface area contributed by atoms with Crippen molar-refractivity contribution in [2.24, 2.45) is 5.84 Å². The Balaban J connectivity index is 2.24. The van der Waals surface area contributed by atoms with Gasteiger partial charge in [-0.15, -0.1) is 0 Å². The van der Waals surface area contributed by atoms with Crippen molar-refractivity contribution >= 4 is 38.5 Å². The van der Waals surface area contributed by atoms with Crippen LogP contribution >= 0.6 is 38.5 Å². The van der Waals surface area contributed by atoms with E-state index in [4.69, 9.17) is 5.84 Å². The van der Waals surface area contributed by atoms with E-state index >= 15 is 0 Å². The number of halogens is 2. The molecule has 0 saturated heterocycles. The fraction of sp³-hybridized carbons (Fsp3) is 0.357. The Kier molecular flexibility index (Phi) is 6.01. The van der Waals surface area contributed by atoms with Gasteiger partial charge in [-0.1, -0.05) is 22.9 Å². The molecule has 0 bridgehead atoms. The first-order chi connectivity index (χ1) is 9.65. The van der Waals surface area contributed by atoms with Crippen molar-refractivity contribution in [1.82, 2.24) is 15.0 Å². The number of hydrogen-bond donors (Lipinski definition) is 2. The van der Waals surface area contributed by atoms with Crippen LogP contribution in [0, 0.1) is 3.57 Å². The van der Waals surface area contributed by atoms with E-state index in [-0.39, 0.29) is 6.04 Å². The van der Waals surface area contributed by atoms with Crippen LogP contribution in [0.1, 0.15) is 30.8 Å². The van der Waals surface area contributed by atoms with Gasteiger partial charge >= 0.3 is 0 Å². The Morgan fingerprint density at radius 3 is 3.00 bits per heavy atom. The summed E-state index contributed by atoms with van der Waals surface area (Å²) in [6.07, 6.45) is 5.75. The van der Waals surface area contributed by atoms with Gasteiger partial charge in [0.15, 0.2) is 0 Å². The average Bonchev–Trinajstić information content (AvgIpc) is 2.87. The Hall–Kier alpha value is -0.440. The normalized spacial score (nSPS) is 12.6. The lowest BCUT2D eigenvalue weighted by Gasteiger charge is -2.18. The summed E-state index contributed by atoms with van der Waals surface area (Å²) in [5.74, 6) is 6.82. The monoisotopic (exact) mass is 448 g/mol. The summed E-state index contributed by atoms with van der Waals surface area (Å²) in [6.45, 7) is 3.15. The van der Waals surface area contributed by atoms with Crippen molar-refractivity contribution in [3.63, 3.8) is 0 Å². The number of aromatic nitrogens is 2. The third-order valence-corrected chi connectivity index (χ3v) is 4.66. The minimum Gasteiger partial charge on any atom is -0.335 e. The smallest absolute Gasteiger partial charge is 0.110 e. The van der Waals surface area contributed by atoms with E-state index in [2.05, 4.69) is 72.6 Å². The second kappa shape index (κ2) is 7.53. The van der Waals surface area contributed by atoms with Gasteiger partial charge in [0.1, 0.15) is 5.82 Å². The van der Waals surface area contributed by atoms with Crippen LogP contribution < -0.4 is 11.3 Å². The molecule has 0 aliphatic rings. The lowest BCUT2D eigenvalue weighted by molar-refractivity contribution is 0.515. The highest BCUT2D eigenvalue weighted by molar-refractivity contribution is 14.1. The van der Waals surface area contributed by atoms with E-state index in [1.807, 2.05) is 18.5 Å². The highest BCUT2D eigenvalue weighted by Crippen LogP contribution is 2.26. The maximum atomic E-state index is 5.76. The molecule has 0 fully saturated rings. The van der Waals surface area contributed by atoms with Gasteiger partial charge in [-0.05, 0) is 52.8 Å². The van der Waals surface area contributed by atoms with Crippen molar-refractivity contribution in [3.05, 3.63) is 50.0 Å². The number of nitrogens with zero attached hydrogens (tertiary/aromatic N) is 2. The predicted octanol–water partition coefficient (Wildman–Crippen LogP) is 3.41. The molecule has 6 heteroatoms. The predicted molar refractivity (Wildman–Crippen MR) is 93.1 cm³/mol. The fourth-order valence-electron chi connectivity index (χ4n) is 2.20. The molecule has 4 nitrogen and oxygen atoms in total. The van der Waals surface area contributed by atoms with Crippen LogP contribution in [-0.2, 0) is 13.0 Å². The van der Waals surface area contributed by atoms with E-state index in [1.165, 1.54) is 9.13 Å². The van der Waals surface area contributed by atoms with Crippen LogP contribution in [0.25, 0.3) is 0 Å². The first-order valence-corrected chi connectivity index (χ1v) is 8.44. The molecule has 0 saturated carbocycles. The summed E-state index contributed by atoms with van der Waals surface area (Å²) >= 11 is 5.86. The number of nitrogens with one attached hydrogen (secondary N) is 1. The molecule has 0 aliphatic carbocycles. The summed E-state index contributed by atoms with van der Waals surface area (Å²) < 4.78 is 4.45. The SMILES string of the molecule is CCCn1ccnc1CC(NN)c1cc(Br)ccc1I. The Bertz CT molecular complexity index is 570. The van der Waals surface area contributed by atoms with Crippen molar-refractivity contribution in [1.29, 1.82) is 0 Å². The van der Waals surface area contributed by atoms with E-state index in [0.29, 0.717) is 0 Å². The molecular weight excluding hydrogens is 431 g/mol. The number of benzene rings is 1. The number of hydrogen-bond acceptors (Lipinski definition) is 3. The Morgan fingerprint density at radius 2 is 2.30 bits per heavy atom. The number of imidazole rings is 1. The molecule has 0 radical (unpaired) electrons. The minimum absolute atomic E-state index is 0.0532. The molecule has 0 aliphatic heterocycles. The number of rotatable bonds is 6. The summed E-state index contributed by atoms with van der Waals surface area (Å²) in [5.41, 5.74) is 4.10. The number of hydrazine groups is 1. The maximum Gasteiger partial charge on any atom is 0.110 e. The van der Waals surface area contributed by atoms with Crippen LogP contribution in [0.5, 0.6) is 0 Å². The van der Waals surface area contributed by atoms with Gasteiger partial charge < -0.3 is 4.57 Å². The molecule has 2 rings (SSSR count). The largest absolute Gasteiger partial charge is 0.335 e. The summed E-state index contributed by atoms with van der Waals surface area (Å²) in [4.78, 5) is 4.45. The summed E-state index contributed by atoms with van der Waals surface area (Å²) in [7, 11) is 0. The summed E-state index contributed by atoms with van der Waals surface area (Å²) in [6, 6.07) is 6.29. The van der Waals surface area contributed by atoms with Gasteiger partial charge in [-0.25, -0.2) is 4.98 Å². The summed E-state index contributed by atoms with van der Waals surface area (Å²) in [5, 5.41) is 0. The average molecular weight is 449 g/mol. The van der Waals surface area contributed by atoms with Crippen LogP contribution in [0.15, 0.2) is 35.1 Å². The third kappa shape index (κ3) is 3.81. The van der Waals surface area contributed by atoms with Crippen molar-refractivity contribution in [2.75, 3.05) is 0 Å². The van der Waals surface area contributed by atoms with Crippen molar-refractivity contribution in [3.8, 4) is 0 Å². The lowest BCUT2D eigenvalue weighted by Crippen LogP contribution is -2.31. The zero-order valence-corrected chi connectivity index (χ0v) is 15.1. The quantitative estimate of drug-likeness (QED) is 0.404. The topological polar surface area (TPSA) is 55.9 Å². The van der Waals surface area contributed by atoms with Crippen LogP contribution in [0.3, 0.4) is 0 Å². The van der Waals surface area contributed by atoms with Gasteiger partial charge in [0.2, 0.25) is 0 Å². The first kappa shape index (κ1) is 15.9. The van der Waals surface area contributed by atoms with E-state index in [0.717, 1.165) is 29.7 Å². The van der Waals surface area contributed by atoms with Crippen LogP contribution in [0.4, 0.5) is 0 Å². The number of aryl methyl sites for hydroxylation is 1.